The molecule has 31 heavy (non-hydrogen) atoms. The van der Waals surface area contributed by atoms with Gasteiger partial charge < -0.3 is 9.88 Å². The highest BCUT2D eigenvalue weighted by molar-refractivity contribution is 7.99. The van der Waals surface area contributed by atoms with Gasteiger partial charge in [0.25, 0.3) is 0 Å². The van der Waals surface area contributed by atoms with E-state index < -0.39 is 0 Å². The average molecular weight is 496 g/mol. The number of hydrogen-bond donors (Lipinski definition) is 1. The summed E-state index contributed by atoms with van der Waals surface area (Å²) in [5, 5.41) is 15.7. The van der Waals surface area contributed by atoms with Crippen molar-refractivity contribution in [2.75, 3.05) is 11.1 Å². The Labute approximate surface area is 200 Å². The molecular weight excluding hydrogens is 471 g/mol. The highest BCUT2D eigenvalue weighted by Crippen LogP contribution is 2.34. The standard InChI is InChI=1S/C22H24Cl2N4OS2/c23-17-9-4-10-18(24)21(17)25-20(29)11-13-31-22-27-26-19(14-16-8-5-12-30-16)28(22)15-6-2-1-3-7-15/h4-5,8-10,12,15H,1-3,6-7,11,13-14H2,(H,25,29). The van der Waals surface area contributed by atoms with Crippen molar-refractivity contribution in [2.45, 2.75) is 56.1 Å². The van der Waals surface area contributed by atoms with Crippen LogP contribution in [0.2, 0.25) is 10.0 Å². The van der Waals surface area contributed by atoms with Crippen LogP contribution in [0.5, 0.6) is 0 Å². The number of nitrogens with zero attached hydrogens (tertiary/aromatic N) is 3. The molecule has 0 radical (unpaired) electrons. The number of para-hydroxylation sites is 1. The first-order valence-electron chi connectivity index (χ1n) is 10.4. The van der Waals surface area contributed by atoms with Gasteiger partial charge in [-0.1, -0.05) is 66.4 Å². The molecule has 1 N–H and O–H groups in total. The molecule has 0 aliphatic heterocycles. The first-order valence-corrected chi connectivity index (χ1v) is 13.1. The Kier molecular flexibility index (Phi) is 7.93. The number of halogens is 2. The van der Waals surface area contributed by atoms with Crippen LogP contribution in [0.25, 0.3) is 0 Å². The van der Waals surface area contributed by atoms with Crippen molar-refractivity contribution in [3.8, 4) is 0 Å². The van der Waals surface area contributed by atoms with Crippen molar-refractivity contribution >= 4 is 57.9 Å². The lowest BCUT2D eigenvalue weighted by Crippen LogP contribution is -2.17. The third-order valence-corrected chi connectivity index (χ3v) is 7.83. The molecule has 0 bridgehead atoms. The molecule has 164 valence electrons. The molecule has 0 unspecified atom stereocenters. The SMILES string of the molecule is O=C(CCSc1nnc(Cc2cccs2)n1C1CCCCC1)Nc1c(Cl)cccc1Cl. The molecule has 1 aliphatic rings. The molecule has 1 fully saturated rings. The van der Waals surface area contributed by atoms with Crippen LogP contribution < -0.4 is 5.32 Å². The molecule has 1 saturated carbocycles. The van der Waals surface area contributed by atoms with E-state index in [-0.39, 0.29) is 5.91 Å². The zero-order valence-electron chi connectivity index (χ0n) is 17.0. The van der Waals surface area contributed by atoms with Crippen molar-refractivity contribution < 1.29 is 4.79 Å². The number of carbonyl (C=O) groups is 1. The van der Waals surface area contributed by atoms with Gasteiger partial charge in [0, 0.05) is 29.5 Å². The van der Waals surface area contributed by atoms with Crippen LogP contribution in [0.1, 0.15) is 55.3 Å². The van der Waals surface area contributed by atoms with E-state index in [9.17, 15) is 4.79 Å². The minimum absolute atomic E-state index is 0.120. The lowest BCUT2D eigenvalue weighted by Gasteiger charge is -2.25. The van der Waals surface area contributed by atoms with Crippen molar-refractivity contribution in [1.82, 2.24) is 14.8 Å². The van der Waals surface area contributed by atoms with Gasteiger partial charge in [-0.3, -0.25) is 4.79 Å². The predicted octanol–water partition coefficient (Wildman–Crippen LogP) is 6.86. The number of rotatable bonds is 8. The van der Waals surface area contributed by atoms with Crippen LogP contribution in [0.4, 0.5) is 5.69 Å². The van der Waals surface area contributed by atoms with Crippen LogP contribution in [0.15, 0.2) is 40.9 Å². The molecular formula is C22H24Cl2N4OS2. The van der Waals surface area contributed by atoms with E-state index in [2.05, 4.69) is 37.6 Å². The van der Waals surface area contributed by atoms with E-state index in [1.807, 2.05) is 0 Å². The second-order valence-electron chi connectivity index (χ2n) is 7.56. The van der Waals surface area contributed by atoms with Crippen molar-refractivity contribution in [2.24, 2.45) is 0 Å². The molecule has 9 heteroatoms. The van der Waals surface area contributed by atoms with Crippen LogP contribution in [-0.2, 0) is 11.2 Å². The minimum atomic E-state index is -0.120. The molecule has 0 spiro atoms. The van der Waals surface area contributed by atoms with Gasteiger partial charge in [0.15, 0.2) is 5.16 Å². The summed E-state index contributed by atoms with van der Waals surface area (Å²) >= 11 is 15.6. The van der Waals surface area contributed by atoms with Gasteiger partial charge in [-0.05, 0) is 36.4 Å². The first-order chi connectivity index (χ1) is 15.1. The van der Waals surface area contributed by atoms with Crippen LogP contribution in [-0.4, -0.2) is 26.4 Å². The van der Waals surface area contributed by atoms with E-state index in [0.717, 1.165) is 30.2 Å². The third-order valence-electron chi connectivity index (χ3n) is 5.37. The third kappa shape index (κ3) is 5.83. The highest BCUT2D eigenvalue weighted by Gasteiger charge is 2.23. The molecule has 2 aromatic heterocycles. The lowest BCUT2D eigenvalue weighted by atomic mass is 9.95. The number of amides is 1. The topological polar surface area (TPSA) is 59.8 Å². The highest BCUT2D eigenvalue weighted by atomic mass is 35.5. The fourth-order valence-corrected chi connectivity index (χ4v) is 6.01. The summed E-state index contributed by atoms with van der Waals surface area (Å²) in [6, 6.07) is 9.82. The van der Waals surface area contributed by atoms with Crippen molar-refractivity contribution in [1.29, 1.82) is 0 Å². The summed E-state index contributed by atoms with van der Waals surface area (Å²) in [6.45, 7) is 0. The number of anilines is 1. The Hall–Kier alpha value is -1.54. The van der Waals surface area contributed by atoms with Crippen LogP contribution in [0, 0.1) is 0 Å². The summed E-state index contributed by atoms with van der Waals surface area (Å²) in [5.41, 5.74) is 0.462. The van der Waals surface area contributed by atoms with Crippen molar-refractivity contribution in [3.05, 3.63) is 56.5 Å². The summed E-state index contributed by atoms with van der Waals surface area (Å²) in [6.07, 6.45) is 7.24. The molecule has 0 saturated heterocycles. The number of hydrogen-bond acceptors (Lipinski definition) is 5. The van der Waals surface area contributed by atoms with Gasteiger partial charge >= 0.3 is 0 Å². The van der Waals surface area contributed by atoms with Crippen LogP contribution in [0.3, 0.4) is 0 Å². The number of thioether (sulfide) groups is 1. The molecule has 4 rings (SSSR count). The van der Waals surface area contributed by atoms with Gasteiger partial charge in [-0.25, -0.2) is 0 Å². The molecule has 1 amide bonds. The Morgan fingerprint density at radius 2 is 1.90 bits per heavy atom. The second-order valence-corrected chi connectivity index (χ2v) is 10.5. The number of thiophene rings is 1. The van der Waals surface area contributed by atoms with Crippen LogP contribution >= 0.6 is 46.3 Å². The number of carbonyl (C=O) groups excluding carboxylic acids is 1. The summed E-state index contributed by atoms with van der Waals surface area (Å²) < 4.78 is 2.33. The monoisotopic (exact) mass is 494 g/mol. The number of aromatic nitrogens is 3. The Bertz CT molecular complexity index is 996. The fraction of sp³-hybridized carbons (Fsp3) is 0.409. The quantitative estimate of drug-likeness (QED) is 0.347. The number of nitrogens with one attached hydrogen (secondary N) is 1. The zero-order chi connectivity index (χ0) is 21.6. The summed E-state index contributed by atoms with van der Waals surface area (Å²) in [5.74, 6) is 1.51. The summed E-state index contributed by atoms with van der Waals surface area (Å²) in [7, 11) is 0. The van der Waals surface area contributed by atoms with E-state index >= 15 is 0 Å². The zero-order valence-corrected chi connectivity index (χ0v) is 20.2. The predicted molar refractivity (Wildman–Crippen MR) is 130 cm³/mol. The first kappa shape index (κ1) is 22.6. The molecule has 1 aromatic carbocycles. The number of benzene rings is 1. The normalized spacial score (nSPS) is 14.6. The van der Waals surface area contributed by atoms with E-state index in [1.54, 1.807) is 41.3 Å². The maximum atomic E-state index is 12.4. The maximum absolute atomic E-state index is 12.4. The van der Waals surface area contributed by atoms with Gasteiger partial charge in [-0.15, -0.1) is 21.5 Å². The Morgan fingerprint density at radius 3 is 2.61 bits per heavy atom. The molecule has 3 aromatic rings. The molecule has 5 nitrogen and oxygen atoms in total. The largest absolute Gasteiger partial charge is 0.324 e. The van der Waals surface area contributed by atoms with Gasteiger partial charge in [-0.2, -0.15) is 0 Å². The minimum Gasteiger partial charge on any atom is -0.324 e. The van der Waals surface area contributed by atoms with Gasteiger partial charge in [0.2, 0.25) is 5.91 Å². The second kappa shape index (κ2) is 10.9. The lowest BCUT2D eigenvalue weighted by molar-refractivity contribution is -0.115. The summed E-state index contributed by atoms with van der Waals surface area (Å²) in [4.78, 5) is 13.7. The Morgan fingerprint density at radius 1 is 1.13 bits per heavy atom. The van der Waals surface area contributed by atoms with E-state index in [0.29, 0.717) is 33.9 Å². The van der Waals surface area contributed by atoms with E-state index in [4.69, 9.17) is 23.2 Å². The van der Waals surface area contributed by atoms with Gasteiger partial charge in [0.05, 0.1) is 15.7 Å². The van der Waals surface area contributed by atoms with Crippen molar-refractivity contribution in [3.63, 3.8) is 0 Å². The molecule has 0 atom stereocenters. The fourth-order valence-electron chi connectivity index (χ4n) is 3.86. The van der Waals surface area contributed by atoms with Gasteiger partial charge in [0.1, 0.15) is 5.82 Å². The average Bonchev–Trinajstić information content (AvgIpc) is 3.42. The molecule has 2 heterocycles. The smallest absolute Gasteiger partial charge is 0.225 e. The maximum Gasteiger partial charge on any atom is 0.225 e. The van der Waals surface area contributed by atoms with E-state index in [1.165, 1.54) is 24.1 Å². The Balaban J connectivity index is 1.41. The molecule has 1 aliphatic carbocycles.